The highest BCUT2D eigenvalue weighted by Gasteiger charge is 2.45. The molecule has 0 unspecified atom stereocenters. The maximum atomic E-state index is 12.5. The Morgan fingerprint density at radius 1 is 0.580 bits per heavy atom. The normalized spacial score (nSPS) is 19.7. The fourth-order valence-electron chi connectivity index (χ4n) is 9.71. The fourth-order valence-corrected chi connectivity index (χ4v) is 9.71. The van der Waals surface area contributed by atoms with Gasteiger partial charge in [0.05, 0.1) is 24.9 Å². The van der Waals surface area contributed by atoms with Crippen LogP contribution in [-0.4, -0.2) is 100 Å². The third kappa shape index (κ3) is 32.8. The topological polar surface area (TPSA) is 170 Å². The predicted molar refractivity (Wildman–Crippen MR) is 285 cm³/mol. The van der Waals surface area contributed by atoms with E-state index in [9.17, 15) is 30.3 Å². The summed E-state index contributed by atoms with van der Waals surface area (Å²) in [7, 11) is 0. The molecular weight excluding hydrogens is 869 g/mol. The summed E-state index contributed by atoms with van der Waals surface area (Å²) in [4.78, 5) is 12.5. The lowest BCUT2D eigenvalue weighted by atomic mass is 9.98. The Kier molecular flexibility index (Phi) is 40.1. The molecule has 1 amide bonds. The average molecular weight is 978 g/mol. The van der Waals surface area contributed by atoms with Crippen molar-refractivity contribution < 1.29 is 44.5 Å². The fraction of sp³-hybridized carbons (Fsp3) is 0.879. The Labute approximate surface area is 422 Å². The number of benzene rings is 1. The molecule has 1 saturated heterocycles. The van der Waals surface area contributed by atoms with E-state index in [1.54, 1.807) is 18.2 Å². The van der Waals surface area contributed by atoms with Gasteiger partial charge in [-0.05, 0) is 44.0 Å². The Balaban J connectivity index is 1.68. The van der Waals surface area contributed by atoms with Crippen LogP contribution >= 0.6 is 0 Å². The molecule has 0 spiro atoms. The monoisotopic (exact) mass is 977 g/mol. The van der Waals surface area contributed by atoms with E-state index in [0.29, 0.717) is 18.7 Å². The molecule has 7 N–H and O–H groups in total. The van der Waals surface area contributed by atoms with Gasteiger partial charge < -0.3 is 45.1 Å². The SMILES string of the molecule is CCCCCCCCCCCCCCCCCCCCCCCCCCN[C@@H](CO[C@@H]1O[C@H](COC(=O)Nc2cccc(C)c2)[C@H](O)[C@H](O)[C@H]1O)[C@H](O)[C@H](O)CCCCCCCCCCCCCC. The molecule has 1 heterocycles. The molecule has 1 aliphatic rings. The lowest BCUT2D eigenvalue weighted by Crippen LogP contribution is -2.60. The van der Waals surface area contributed by atoms with Crippen LogP contribution in [0.5, 0.6) is 0 Å². The predicted octanol–water partition coefficient (Wildman–Crippen LogP) is 13.5. The summed E-state index contributed by atoms with van der Waals surface area (Å²) in [5, 5.41) is 60.8. The molecule has 69 heavy (non-hydrogen) atoms. The van der Waals surface area contributed by atoms with Gasteiger partial charge in [-0.3, -0.25) is 5.32 Å². The zero-order chi connectivity index (χ0) is 50.0. The third-order valence-corrected chi connectivity index (χ3v) is 14.3. The Morgan fingerprint density at radius 3 is 1.43 bits per heavy atom. The molecule has 11 nitrogen and oxygen atoms in total. The van der Waals surface area contributed by atoms with E-state index in [-0.39, 0.29) is 6.61 Å². The molecule has 0 aromatic heterocycles. The zero-order valence-corrected chi connectivity index (χ0v) is 44.6. The Hall–Kier alpha value is -1.83. The Bertz CT molecular complexity index is 1310. The van der Waals surface area contributed by atoms with Gasteiger partial charge in [0.15, 0.2) is 6.29 Å². The van der Waals surface area contributed by atoms with Crippen molar-refractivity contribution in [2.75, 3.05) is 25.1 Å². The summed E-state index contributed by atoms with van der Waals surface area (Å²) < 4.78 is 17.1. The van der Waals surface area contributed by atoms with Crippen LogP contribution in [0.2, 0.25) is 0 Å². The van der Waals surface area contributed by atoms with Gasteiger partial charge in [0.2, 0.25) is 0 Å². The second-order valence-corrected chi connectivity index (χ2v) is 20.9. The van der Waals surface area contributed by atoms with E-state index in [0.717, 1.165) is 44.1 Å². The minimum atomic E-state index is -1.62. The minimum absolute atomic E-state index is 0.123. The number of aliphatic hydroxyl groups excluding tert-OH is 5. The van der Waals surface area contributed by atoms with E-state index in [4.69, 9.17) is 14.2 Å². The van der Waals surface area contributed by atoms with Crippen molar-refractivity contribution in [2.24, 2.45) is 0 Å². The number of hydrogen-bond acceptors (Lipinski definition) is 10. The number of ether oxygens (including phenoxy) is 3. The molecule has 1 aromatic carbocycles. The second-order valence-electron chi connectivity index (χ2n) is 20.9. The number of carbonyl (C=O) groups is 1. The van der Waals surface area contributed by atoms with Gasteiger partial charge in [-0.1, -0.05) is 251 Å². The number of aliphatic hydroxyl groups is 5. The molecule has 0 radical (unpaired) electrons. The molecule has 11 heteroatoms. The molecule has 1 aromatic rings. The number of amides is 1. The van der Waals surface area contributed by atoms with Gasteiger partial charge in [0, 0.05) is 5.69 Å². The summed E-state index contributed by atoms with van der Waals surface area (Å²) >= 11 is 0. The van der Waals surface area contributed by atoms with Crippen molar-refractivity contribution in [3.05, 3.63) is 29.8 Å². The van der Waals surface area contributed by atoms with Crippen LogP contribution in [0.15, 0.2) is 24.3 Å². The number of carbonyl (C=O) groups excluding carboxylic acids is 1. The molecule has 0 bridgehead atoms. The van der Waals surface area contributed by atoms with Crippen LogP contribution in [0, 0.1) is 6.92 Å². The maximum absolute atomic E-state index is 12.5. The first kappa shape index (κ1) is 63.3. The van der Waals surface area contributed by atoms with Crippen LogP contribution < -0.4 is 10.6 Å². The van der Waals surface area contributed by atoms with Crippen molar-refractivity contribution in [1.29, 1.82) is 0 Å². The van der Waals surface area contributed by atoms with Crippen molar-refractivity contribution in [3.8, 4) is 0 Å². The molecule has 1 aliphatic heterocycles. The molecule has 8 atom stereocenters. The third-order valence-electron chi connectivity index (χ3n) is 14.3. The zero-order valence-electron chi connectivity index (χ0n) is 44.6. The highest BCUT2D eigenvalue weighted by atomic mass is 16.7. The summed E-state index contributed by atoms with van der Waals surface area (Å²) in [5.41, 5.74) is 1.51. The first-order valence-electron chi connectivity index (χ1n) is 29.1. The number of hydrogen-bond donors (Lipinski definition) is 7. The van der Waals surface area contributed by atoms with Gasteiger partial charge in [-0.15, -0.1) is 0 Å². The van der Waals surface area contributed by atoms with Gasteiger partial charge in [0.1, 0.15) is 31.0 Å². The van der Waals surface area contributed by atoms with E-state index in [2.05, 4.69) is 24.5 Å². The van der Waals surface area contributed by atoms with Gasteiger partial charge >= 0.3 is 6.09 Å². The van der Waals surface area contributed by atoms with Crippen molar-refractivity contribution in [2.45, 2.75) is 307 Å². The second kappa shape index (κ2) is 43.7. The number of rotatable bonds is 47. The van der Waals surface area contributed by atoms with E-state index >= 15 is 0 Å². The summed E-state index contributed by atoms with van der Waals surface area (Å²) in [6.45, 7) is 6.54. The van der Waals surface area contributed by atoms with Crippen molar-refractivity contribution in [1.82, 2.24) is 5.32 Å². The van der Waals surface area contributed by atoms with E-state index < -0.39 is 61.7 Å². The number of nitrogens with one attached hydrogen (secondary N) is 2. The molecular formula is C58H108N2O9. The quantitative estimate of drug-likeness (QED) is 0.0312. The minimum Gasteiger partial charge on any atom is -0.446 e. The molecule has 0 aliphatic carbocycles. The number of unbranched alkanes of at least 4 members (excludes halogenated alkanes) is 34. The van der Waals surface area contributed by atoms with Crippen LogP contribution in [0.1, 0.15) is 257 Å². The number of aryl methyl sites for hydroxylation is 1. The van der Waals surface area contributed by atoms with Crippen LogP contribution in [0.3, 0.4) is 0 Å². The highest BCUT2D eigenvalue weighted by Crippen LogP contribution is 2.24. The number of anilines is 1. The molecule has 1 fully saturated rings. The molecule has 404 valence electrons. The first-order chi connectivity index (χ1) is 33.7. The lowest BCUT2D eigenvalue weighted by Gasteiger charge is -2.40. The van der Waals surface area contributed by atoms with Crippen LogP contribution in [-0.2, 0) is 14.2 Å². The summed E-state index contributed by atoms with van der Waals surface area (Å²) in [6.07, 6.45) is 37.1. The average Bonchev–Trinajstić information content (AvgIpc) is 3.34. The van der Waals surface area contributed by atoms with E-state index in [1.165, 1.54) is 193 Å². The van der Waals surface area contributed by atoms with Crippen molar-refractivity contribution in [3.63, 3.8) is 0 Å². The smallest absolute Gasteiger partial charge is 0.411 e. The van der Waals surface area contributed by atoms with E-state index in [1.807, 2.05) is 13.0 Å². The molecule has 2 rings (SSSR count). The highest BCUT2D eigenvalue weighted by molar-refractivity contribution is 5.84. The van der Waals surface area contributed by atoms with Gasteiger partial charge in [-0.25, -0.2) is 4.79 Å². The van der Waals surface area contributed by atoms with Crippen LogP contribution in [0.4, 0.5) is 10.5 Å². The Morgan fingerprint density at radius 2 is 1.00 bits per heavy atom. The van der Waals surface area contributed by atoms with Crippen molar-refractivity contribution >= 4 is 11.8 Å². The largest absolute Gasteiger partial charge is 0.446 e. The maximum Gasteiger partial charge on any atom is 0.411 e. The standard InChI is InChI=1S/C58H108N2O9/c1-4-6-8-10-12-14-16-18-19-20-21-22-23-24-25-26-27-28-29-31-33-35-37-39-44-59-50(53(62)51(61)43-38-36-34-32-30-17-15-13-11-9-7-5-2)46-67-57-56(65)55(64)54(63)52(69-57)47-68-58(66)60-49-42-40-41-48(3)45-49/h40-42,45,50-57,59,61-65H,4-39,43-44,46-47H2,1-3H3,(H,60,66)/t50-,51+,52+,53-,54-,55-,56+,57+/m0/s1. The van der Waals surface area contributed by atoms with Crippen LogP contribution in [0.25, 0.3) is 0 Å². The van der Waals surface area contributed by atoms with Gasteiger partial charge in [-0.2, -0.15) is 0 Å². The molecule has 0 saturated carbocycles. The lowest BCUT2D eigenvalue weighted by molar-refractivity contribution is -0.302. The van der Waals surface area contributed by atoms with Gasteiger partial charge in [0.25, 0.3) is 0 Å². The first-order valence-corrected chi connectivity index (χ1v) is 29.1. The summed E-state index contributed by atoms with van der Waals surface area (Å²) in [5.74, 6) is 0. The summed E-state index contributed by atoms with van der Waals surface area (Å²) in [6, 6.07) is 6.55.